The monoisotopic (exact) mass is 274 g/mol. The number of aromatic nitrogens is 2. The summed E-state index contributed by atoms with van der Waals surface area (Å²) in [5, 5.41) is 0. The van der Waals surface area contributed by atoms with Gasteiger partial charge in [-0.3, -0.25) is 4.84 Å². The molecule has 0 aliphatic carbocycles. The van der Waals surface area contributed by atoms with Crippen LogP contribution in [0.5, 0.6) is 0 Å². The zero-order chi connectivity index (χ0) is 14.2. The first-order valence-electron chi connectivity index (χ1n) is 6.46. The number of rotatable bonds is 7. The zero-order valence-electron chi connectivity index (χ0n) is 11.2. The third-order valence-electron chi connectivity index (χ3n) is 2.75. The number of imidazole rings is 1. The van der Waals surface area contributed by atoms with Gasteiger partial charge >= 0.3 is 6.03 Å². The van der Waals surface area contributed by atoms with Gasteiger partial charge in [0.05, 0.1) is 18.6 Å². The quantitative estimate of drug-likeness (QED) is 0.592. The lowest BCUT2D eigenvalue weighted by Gasteiger charge is -2.02. The van der Waals surface area contributed by atoms with Gasteiger partial charge in [0.1, 0.15) is 0 Å². The Bertz CT molecular complexity index is 539. The minimum absolute atomic E-state index is 0.411. The molecule has 1 aromatic carbocycles. The Labute approximate surface area is 117 Å². The molecule has 1 aromatic heterocycles. The number of benzene rings is 1. The summed E-state index contributed by atoms with van der Waals surface area (Å²) in [6.07, 6.45) is 5.41. The fourth-order valence-electron chi connectivity index (χ4n) is 1.86. The maximum Gasteiger partial charge on any atom is 0.336 e. The molecule has 0 atom stereocenters. The highest BCUT2D eigenvalue weighted by Crippen LogP contribution is 2.05. The number of hydrogen-bond donors (Lipinski definition) is 2. The Kier molecular flexibility index (Phi) is 5.14. The zero-order valence-corrected chi connectivity index (χ0v) is 11.2. The lowest BCUT2D eigenvalue weighted by Crippen LogP contribution is -2.29. The van der Waals surface area contributed by atoms with Gasteiger partial charge in [0, 0.05) is 12.7 Å². The highest BCUT2D eigenvalue weighted by atomic mass is 16.7. The maximum atomic E-state index is 10.4. The van der Waals surface area contributed by atoms with Crippen molar-refractivity contribution < 1.29 is 9.63 Å². The molecule has 0 saturated heterocycles. The molecule has 0 aliphatic heterocycles. The molecule has 0 bridgehead atoms. The van der Waals surface area contributed by atoms with E-state index in [4.69, 9.17) is 10.6 Å². The summed E-state index contributed by atoms with van der Waals surface area (Å²) >= 11 is 0. The van der Waals surface area contributed by atoms with Crippen molar-refractivity contribution in [3.8, 4) is 0 Å². The number of urea groups is 1. The van der Waals surface area contributed by atoms with E-state index in [1.165, 1.54) is 5.56 Å². The van der Waals surface area contributed by atoms with E-state index in [-0.39, 0.29) is 0 Å². The molecule has 0 aliphatic rings. The third-order valence-corrected chi connectivity index (χ3v) is 2.75. The Morgan fingerprint density at radius 3 is 2.90 bits per heavy atom. The number of nitrogens with one attached hydrogen (secondary N) is 1. The average Bonchev–Trinajstić information content (AvgIpc) is 2.87. The van der Waals surface area contributed by atoms with Crippen molar-refractivity contribution in [2.24, 2.45) is 5.73 Å². The van der Waals surface area contributed by atoms with Crippen LogP contribution in [0.25, 0.3) is 0 Å². The fourth-order valence-corrected chi connectivity index (χ4v) is 1.86. The smallest absolute Gasteiger partial charge is 0.336 e. The molecule has 0 fully saturated rings. The van der Waals surface area contributed by atoms with Crippen LogP contribution in [0, 0.1) is 0 Å². The molecule has 1 heterocycles. The lowest BCUT2D eigenvalue weighted by atomic mass is 10.2. The SMILES string of the molecule is NC(=O)NOCCCc1cn(Cc2ccccc2)cn1. The highest BCUT2D eigenvalue weighted by Gasteiger charge is 2.00. The van der Waals surface area contributed by atoms with Gasteiger partial charge in [0.2, 0.25) is 0 Å². The molecular formula is C14H18N4O2. The fraction of sp³-hybridized carbons (Fsp3) is 0.286. The van der Waals surface area contributed by atoms with E-state index in [0.29, 0.717) is 6.61 Å². The van der Waals surface area contributed by atoms with Crippen LogP contribution in [0.2, 0.25) is 0 Å². The second-order valence-electron chi connectivity index (χ2n) is 4.44. The minimum Gasteiger partial charge on any atom is -0.350 e. The lowest BCUT2D eigenvalue weighted by molar-refractivity contribution is 0.0628. The van der Waals surface area contributed by atoms with Crippen LogP contribution >= 0.6 is 0 Å². The molecule has 6 nitrogen and oxygen atoms in total. The highest BCUT2D eigenvalue weighted by molar-refractivity contribution is 5.70. The molecule has 20 heavy (non-hydrogen) atoms. The molecule has 0 unspecified atom stereocenters. The first-order valence-corrected chi connectivity index (χ1v) is 6.46. The first-order chi connectivity index (χ1) is 9.74. The average molecular weight is 274 g/mol. The largest absolute Gasteiger partial charge is 0.350 e. The molecule has 0 radical (unpaired) electrons. The summed E-state index contributed by atoms with van der Waals surface area (Å²) in [6, 6.07) is 9.54. The van der Waals surface area contributed by atoms with Crippen molar-refractivity contribution >= 4 is 6.03 Å². The van der Waals surface area contributed by atoms with Gasteiger partial charge < -0.3 is 10.3 Å². The second-order valence-corrected chi connectivity index (χ2v) is 4.44. The topological polar surface area (TPSA) is 82.2 Å². The number of carbonyl (C=O) groups excluding carboxylic acids is 1. The van der Waals surface area contributed by atoms with Gasteiger partial charge in [-0.25, -0.2) is 15.3 Å². The summed E-state index contributed by atoms with van der Waals surface area (Å²) in [7, 11) is 0. The van der Waals surface area contributed by atoms with Crippen molar-refractivity contribution in [1.82, 2.24) is 15.0 Å². The number of carbonyl (C=O) groups is 1. The minimum atomic E-state index is -0.683. The van der Waals surface area contributed by atoms with E-state index in [0.717, 1.165) is 25.1 Å². The van der Waals surface area contributed by atoms with E-state index >= 15 is 0 Å². The van der Waals surface area contributed by atoms with Crippen LogP contribution in [0.4, 0.5) is 4.79 Å². The summed E-state index contributed by atoms with van der Waals surface area (Å²) < 4.78 is 2.05. The molecule has 2 amide bonds. The predicted octanol–water partition coefficient (Wildman–Crippen LogP) is 1.46. The Hall–Kier alpha value is -2.34. The van der Waals surface area contributed by atoms with Crippen molar-refractivity contribution in [1.29, 1.82) is 0 Å². The van der Waals surface area contributed by atoms with Crippen LogP contribution < -0.4 is 11.2 Å². The normalized spacial score (nSPS) is 10.4. The van der Waals surface area contributed by atoms with E-state index in [2.05, 4.69) is 22.6 Å². The van der Waals surface area contributed by atoms with E-state index in [9.17, 15) is 4.79 Å². The van der Waals surface area contributed by atoms with Gasteiger partial charge in [0.15, 0.2) is 0 Å². The molecular weight excluding hydrogens is 256 g/mol. The summed E-state index contributed by atoms with van der Waals surface area (Å²) in [6.45, 7) is 1.22. The number of aryl methyl sites for hydroxylation is 1. The Morgan fingerprint density at radius 2 is 2.15 bits per heavy atom. The first kappa shape index (κ1) is 14.1. The molecule has 3 N–H and O–H groups in total. The molecule has 106 valence electrons. The van der Waals surface area contributed by atoms with Gasteiger partial charge in [0.25, 0.3) is 0 Å². The van der Waals surface area contributed by atoms with Gasteiger partial charge in [-0.1, -0.05) is 30.3 Å². The van der Waals surface area contributed by atoms with E-state index in [1.54, 1.807) is 0 Å². The Morgan fingerprint density at radius 1 is 1.35 bits per heavy atom. The molecule has 2 rings (SSSR count). The maximum absolute atomic E-state index is 10.4. The predicted molar refractivity (Wildman–Crippen MR) is 74.8 cm³/mol. The summed E-state index contributed by atoms with van der Waals surface area (Å²) in [5.41, 5.74) is 9.20. The van der Waals surface area contributed by atoms with Gasteiger partial charge in [-0.15, -0.1) is 0 Å². The van der Waals surface area contributed by atoms with Crippen molar-refractivity contribution in [3.63, 3.8) is 0 Å². The van der Waals surface area contributed by atoms with Crippen LogP contribution in [0.15, 0.2) is 42.9 Å². The number of nitrogens with two attached hydrogens (primary N) is 1. The van der Waals surface area contributed by atoms with E-state index in [1.807, 2.05) is 35.3 Å². The van der Waals surface area contributed by atoms with Crippen molar-refractivity contribution in [2.75, 3.05) is 6.61 Å². The number of hydroxylamine groups is 1. The number of nitrogens with zero attached hydrogens (tertiary/aromatic N) is 2. The van der Waals surface area contributed by atoms with Crippen LogP contribution in [0.3, 0.4) is 0 Å². The molecule has 0 saturated carbocycles. The third kappa shape index (κ3) is 4.74. The number of hydrogen-bond acceptors (Lipinski definition) is 3. The standard InChI is InChI=1S/C14H18N4O2/c15-14(19)17-20-8-4-7-13-10-18(11-16-13)9-12-5-2-1-3-6-12/h1-3,5-6,10-11H,4,7-9H2,(H3,15,17,19). The summed E-state index contributed by atoms with van der Waals surface area (Å²) in [5.74, 6) is 0. The van der Waals surface area contributed by atoms with Crippen LogP contribution in [0.1, 0.15) is 17.7 Å². The Balaban J connectivity index is 1.73. The van der Waals surface area contributed by atoms with Gasteiger partial charge in [-0.2, -0.15) is 0 Å². The molecule has 0 spiro atoms. The second kappa shape index (κ2) is 7.30. The van der Waals surface area contributed by atoms with E-state index < -0.39 is 6.03 Å². The summed E-state index contributed by atoms with van der Waals surface area (Å²) in [4.78, 5) is 19.6. The van der Waals surface area contributed by atoms with Crippen LogP contribution in [-0.2, 0) is 17.8 Å². The van der Waals surface area contributed by atoms with Crippen LogP contribution in [-0.4, -0.2) is 22.2 Å². The number of amides is 2. The number of primary amides is 1. The molecule has 6 heteroatoms. The van der Waals surface area contributed by atoms with Gasteiger partial charge in [-0.05, 0) is 18.4 Å². The molecule has 2 aromatic rings. The van der Waals surface area contributed by atoms with Crippen molar-refractivity contribution in [2.45, 2.75) is 19.4 Å². The van der Waals surface area contributed by atoms with Crippen molar-refractivity contribution in [3.05, 3.63) is 54.1 Å².